The fourth-order valence-electron chi connectivity index (χ4n) is 3.42. The molecule has 0 fully saturated rings. The summed E-state index contributed by atoms with van der Waals surface area (Å²) in [7, 11) is 1.81. The summed E-state index contributed by atoms with van der Waals surface area (Å²) in [6, 6.07) is 10.1. The van der Waals surface area contributed by atoms with Gasteiger partial charge in [-0.05, 0) is 12.5 Å². The lowest BCUT2D eigenvalue weighted by atomic mass is 9.88. The van der Waals surface area contributed by atoms with Gasteiger partial charge in [0.1, 0.15) is 5.15 Å². The average Bonchev–Trinajstić information content (AvgIpc) is 3.08. The summed E-state index contributed by atoms with van der Waals surface area (Å²) in [5, 5.41) is 12.4. The molecule has 0 bridgehead atoms. The van der Waals surface area contributed by atoms with Gasteiger partial charge in [0.25, 0.3) is 0 Å². The van der Waals surface area contributed by atoms with Crippen LogP contribution in [0.25, 0.3) is 0 Å². The van der Waals surface area contributed by atoms with Crippen molar-refractivity contribution >= 4 is 23.3 Å². The zero-order valence-corrected chi connectivity index (χ0v) is 14.8. The molecule has 1 aliphatic rings. The Kier molecular flexibility index (Phi) is 3.84. The van der Waals surface area contributed by atoms with Crippen molar-refractivity contribution in [3.8, 4) is 0 Å². The third kappa shape index (κ3) is 2.82. The van der Waals surface area contributed by atoms with Crippen LogP contribution >= 0.6 is 11.6 Å². The molecule has 128 valence electrons. The van der Waals surface area contributed by atoms with Gasteiger partial charge in [-0.2, -0.15) is 10.2 Å². The standard InChI is InChI=1S/C18H18ClN5O/c1-11-16(17(19)23(2)21-11)13-8-15(25)20-18-14(13)10-24(22-18)9-12-6-4-3-5-7-12/h3-7,10,13H,8-9H2,1-2H3,(H,20,22,25)/t13-/m1/s1. The summed E-state index contributed by atoms with van der Waals surface area (Å²) < 4.78 is 3.50. The number of nitrogens with one attached hydrogen (secondary N) is 1. The Labute approximate surface area is 150 Å². The topological polar surface area (TPSA) is 64.7 Å². The highest BCUT2D eigenvalue weighted by Crippen LogP contribution is 2.40. The van der Waals surface area contributed by atoms with Crippen LogP contribution in [0.3, 0.4) is 0 Å². The number of anilines is 1. The molecule has 1 N–H and O–H groups in total. The summed E-state index contributed by atoms with van der Waals surface area (Å²) in [4.78, 5) is 12.2. The maximum Gasteiger partial charge on any atom is 0.226 e. The molecule has 1 atom stereocenters. The van der Waals surface area contributed by atoms with Crippen LogP contribution in [0.15, 0.2) is 36.5 Å². The zero-order chi connectivity index (χ0) is 17.6. The van der Waals surface area contributed by atoms with Crippen molar-refractivity contribution in [2.45, 2.75) is 25.8 Å². The quantitative estimate of drug-likeness (QED) is 0.785. The molecule has 25 heavy (non-hydrogen) atoms. The van der Waals surface area contributed by atoms with E-state index < -0.39 is 0 Å². The van der Waals surface area contributed by atoms with Crippen LogP contribution in [0.2, 0.25) is 5.15 Å². The zero-order valence-electron chi connectivity index (χ0n) is 14.0. The molecular weight excluding hydrogens is 338 g/mol. The highest BCUT2D eigenvalue weighted by molar-refractivity contribution is 6.30. The second-order valence-electron chi connectivity index (χ2n) is 6.33. The minimum atomic E-state index is -0.130. The number of carbonyl (C=O) groups is 1. The molecule has 3 heterocycles. The summed E-state index contributed by atoms with van der Waals surface area (Å²) in [5.74, 6) is 0.424. The van der Waals surface area contributed by atoms with E-state index in [0.717, 1.165) is 22.4 Å². The van der Waals surface area contributed by atoms with Gasteiger partial charge in [-0.3, -0.25) is 14.2 Å². The molecule has 1 aliphatic heterocycles. The van der Waals surface area contributed by atoms with Crippen LogP contribution in [0.4, 0.5) is 5.82 Å². The van der Waals surface area contributed by atoms with E-state index in [9.17, 15) is 4.79 Å². The second-order valence-corrected chi connectivity index (χ2v) is 6.69. The van der Waals surface area contributed by atoms with Gasteiger partial charge in [-0.1, -0.05) is 41.9 Å². The largest absolute Gasteiger partial charge is 0.309 e. The lowest BCUT2D eigenvalue weighted by Gasteiger charge is -2.21. The number of aryl methyl sites for hydroxylation is 2. The molecule has 3 aromatic rings. The lowest BCUT2D eigenvalue weighted by molar-refractivity contribution is -0.116. The fraction of sp³-hybridized carbons (Fsp3) is 0.278. The van der Waals surface area contributed by atoms with E-state index in [1.165, 1.54) is 0 Å². The van der Waals surface area contributed by atoms with E-state index in [-0.39, 0.29) is 11.8 Å². The maximum atomic E-state index is 12.2. The number of aromatic nitrogens is 4. The van der Waals surface area contributed by atoms with Gasteiger partial charge in [0.05, 0.1) is 12.2 Å². The van der Waals surface area contributed by atoms with E-state index in [2.05, 4.69) is 27.6 Å². The van der Waals surface area contributed by atoms with Crippen molar-refractivity contribution in [3.63, 3.8) is 0 Å². The molecule has 4 rings (SSSR count). The first-order chi connectivity index (χ1) is 12.0. The highest BCUT2D eigenvalue weighted by Gasteiger charge is 2.33. The van der Waals surface area contributed by atoms with Gasteiger partial charge in [-0.15, -0.1) is 0 Å². The van der Waals surface area contributed by atoms with E-state index in [1.807, 2.05) is 43.0 Å². The normalized spacial score (nSPS) is 16.6. The minimum absolute atomic E-state index is 0.0539. The third-order valence-corrected chi connectivity index (χ3v) is 4.99. The van der Waals surface area contributed by atoms with Crippen molar-refractivity contribution in [2.75, 3.05) is 5.32 Å². The van der Waals surface area contributed by atoms with Crippen LogP contribution < -0.4 is 5.32 Å². The molecule has 0 spiro atoms. The number of rotatable bonds is 3. The van der Waals surface area contributed by atoms with Crippen LogP contribution in [-0.4, -0.2) is 25.5 Å². The molecule has 0 unspecified atom stereocenters. The SMILES string of the molecule is Cc1nn(C)c(Cl)c1[C@@H]1CC(=O)Nc2nn(Cc3ccccc3)cc21. The fourth-order valence-corrected chi connectivity index (χ4v) is 3.72. The summed E-state index contributed by atoms with van der Waals surface area (Å²) in [5.41, 5.74) is 3.88. The van der Waals surface area contributed by atoms with Gasteiger partial charge in [0.15, 0.2) is 5.82 Å². The van der Waals surface area contributed by atoms with Crippen LogP contribution in [0.5, 0.6) is 0 Å². The number of halogens is 1. The smallest absolute Gasteiger partial charge is 0.226 e. The molecule has 0 saturated heterocycles. The van der Waals surface area contributed by atoms with E-state index in [1.54, 1.807) is 4.68 Å². The van der Waals surface area contributed by atoms with Crippen molar-refractivity contribution in [1.82, 2.24) is 19.6 Å². The molecule has 0 saturated carbocycles. The van der Waals surface area contributed by atoms with Gasteiger partial charge in [0, 0.05) is 36.7 Å². The summed E-state index contributed by atoms with van der Waals surface area (Å²) in [6.45, 7) is 2.57. The van der Waals surface area contributed by atoms with Gasteiger partial charge >= 0.3 is 0 Å². The van der Waals surface area contributed by atoms with Crippen LogP contribution in [-0.2, 0) is 18.4 Å². The van der Waals surface area contributed by atoms with Gasteiger partial charge in [-0.25, -0.2) is 0 Å². The highest BCUT2D eigenvalue weighted by atomic mass is 35.5. The number of amides is 1. The predicted molar refractivity (Wildman–Crippen MR) is 95.8 cm³/mol. The molecule has 6 nitrogen and oxygen atoms in total. The molecule has 0 radical (unpaired) electrons. The number of carbonyl (C=O) groups excluding carboxylic acids is 1. The van der Waals surface area contributed by atoms with Crippen molar-refractivity contribution in [1.29, 1.82) is 0 Å². The Hall–Kier alpha value is -2.60. The summed E-state index contributed by atoms with van der Waals surface area (Å²) >= 11 is 6.44. The first-order valence-electron chi connectivity index (χ1n) is 8.13. The van der Waals surface area contributed by atoms with Crippen molar-refractivity contribution in [2.24, 2.45) is 7.05 Å². The Morgan fingerprint density at radius 1 is 1.28 bits per heavy atom. The lowest BCUT2D eigenvalue weighted by Crippen LogP contribution is -2.23. The average molecular weight is 356 g/mol. The number of hydrogen-bond donors (Lipinski definition) is 1. The van der Waals surface area contributed by atoms with E-state index in [0.29, 0.717) is 23.9 Å². The number of benzene rings is 1. The Bertz CT molecular complexity index is 944. The predicted octanol–water partition coefficient (Wildman–Crippen LogP) is 3.10. The van der Waals surface area contributed by atoms with Gasteiger partial charge < -0.3 is 5.32 Å². The van der Waals surface area contributed by atoms with Crippen molar-refractivity contribution in [3.05, 3.63) is 64.1 Å². The van der Waals surface area contributed by atoms with Gasteiger partial charge in [0.2, 0.25) is 5.91 Å². The molecule has 1 aromatic carbocycles. The Balaban J connectivity index is 1.74. The molecule has 1 amide bonds. The molecule has 0 aliphatic carbocycles. The number of nitrogens with zero attached hydrogens (tertiary/aromatic N) is 4. The Morgan fingerprint density at radius 2 is 2.04 bits per heavy atom. The number of fused-ring (bicyclic) bond motifs is 1. The van der Waals surface area contributed by atoms with Crippen molar-refractivity contribution < 1.29 is 4.79 Å². The van der Waals surface area contributed by atoms with Crippen LogP contribution in [0.1, 0.15) is 34.7 Å². The Morgan fingerprint density at radius 3 is 2.72 bits per heavy atom. The summed E-state index contributed by atoms with van der Waals surface area (Å²) in [6.07, 6.45) is 2.34. The maximum absolute atomic E-state index is 12.2. The molecular formula is C18H18ClN5O. The first kappa shape index (κ1) is 15.9. The monoisotopic (exact) mass is 355 g/mol. The molecule has 7 heteroatoms. The molecule has 2 aromatic heterocycles. The number of hydrogen-bond acceptors (Lipinski definition) is 3. The minimum Gasteiger partial charge on any atom is -0.309 e. The van der Waals surface area contributed by atoms with E-state index in [4.69, 9.17) is 11.6 Å². The first-order valence-corrected chi connectivity index (χ1v) is 8.51. The van der Waals surface area contributed by atoms with Crippen LogP contribution in [0, 0.1) is 6.92 Å². The van der Waals surface area contributed by atoms with E-state index >= 15 is 0 Å². The third-order valence-electron chi connectivity index (χ3n) is 4.54. The second kappa shape index (κ2) is 6.04.